The van der Waals surface area contributed by atoms with Gasteiger partial charge in [0.25, 0.3) is 11.8 Å². The molecule has 0 bridgehead atoms. The van der Waals surface area contributed by atoms with E-state index in [9.17, 15) is 24.4 Å². The number of hydrogen-bond donors (Lipinski definition) is 1. The number of nitrogens with one attached hydrogen (secondary N) is 1. The van der Waals surface area contributed by atoms with E-state index in [4.69, 9.17) is 14.2 Å². The molecule has 2 aliphatic rings. The Labute approximate surface area is 328 Å². The Kier molecular flexibility index (Phi) is 12.4. The molecule has 1 fully saturated rings. The molecule has 1 saturated heterocycles. The van der Waals surface area contributed by atoms with E-state index >= 15 is 17.6 Å². The number of nitriles is 1. The van der Waals surface area contributed by atoms with Crippen LogP contribution in [0.1, 0.15) is 87.0 Å². The maximum absolute atomic E-state index is 15.4. The second kappa shape index (κ2) is 16.7. The molecule has 2 aliphatic heterocycles. The lowest BCUT2D eigenvalue weighted by Crippen LogP contribution is -2.55. The summed E-state index contributed by atoms with van der Waals surface area (Å²) in [6.45, 7) is 9.21. The topological polar surface area (TPSA) is 142 Å². The minimum atomic E-state index is -5.11. The summed E-state index contributed by atoms with van der Waals surface area (Å²) in [6, 6.07) is 14.1. The standard InChI is InChI=1S/C41H45F4N5O7/c1-25(2)50(28-13-10-17-48(23-28)38(54)57-39(3,4)5)35(51)29-20-33-34(21-30(29)41(43,44)45)56-40(6,31-19-27(22-46)14-15-32(31)42)36(52)49(33)18-16-47-37(53)55-24-26-11-8-7-9-12-26/h7-9,11-12,14-15,19-21,25,28H,10,13,16-18,23-24H2,1-6H3,(H,47,53)/t28-,40?/m1/s1. The molecule has 57 heavy (non-hydrogen) atoms. The van der Waals surface area contributed by atoms with Gasteiger partial charge in [0, 0.05) is 37.8 Å². The van der Waals surface area contributed by atoms with Gasteiger partial charge >= 0.3 is 18.4 Å². The largest absolute Gasteiger partial charge is 0.471 e. The second-order valence-electron chi connectivity index (χ2n) is 15.3. The second-order valence-corrected chi connectivity index (χ2v) is 15.3. The van der Waals surface area contributed by atoms with Crippen LogP contribution in [0.2, 0.25) is 0 Å². The maximum Gasteiger partial charge on any atom is 0.417 e. The smallest absolute Gasteiger partial charge is 0.417 e. The molecule has 4 amide bonds. The highest BCUT2D eigenvalue weighted by Crippen LogP contribution is 2.47. The van der Waals surface area contributed by atoms with Gasteiger partial charge in [-0.1, -0.05) is 30.3 Å². The summed E-state index contributed by atoms with van der Waals surface area (Å²) in [6.07, 6.45) is -5.73. The zero-order chi connectivity index (χ0) is 41.9. The molecule has 2 heterocycles. The van der Waals surface area contributed by atoms with E-state index in [2.05, 4.69) is 5.32 Å². The Hall–Kier alpha value is -5.85. The lowest BCUT2D eigenvalue weighted by molar-refractivity contribution is -0.138. The Morgan fingerprint density at radius 2 is 1.79 bits per heavy atom. The van der Waals surface area contributed by atoms with E-state index in [0.29, 0.717) is 31.0 Å². The van der Waals surface area contributed by atoms with E-state index in [1.807, 2.05) is 6.07 Å². The van der Waals surface area contributed by atoms with Crippen molar-refractivity contribution < 1.29 is 51.0 Å². The number of halogens is 4. The number of carbonyl (C=O) groups excluding carboxylic acids is 4. The zero-order valence-corrected chi connectivity index (χ0v) is 32.5. The minimum Gasteiger partial charge on any atom is -0.471 e. The average Bonchev–Trinajstić information content (AvgIpc) is 3.14. The van der Waals surface area contributed by atoms with Crippen LogP contribution >= 0.6 is 0 Å². The number of nitrogens with zero attached hydrogens (tertiary/aromatic N) is 4. The normalized spacial score (nSPS) is 18.3. The molecular formula is C41H45F4N5O7. The monoisotopic (exact) mass is 795 g/mol. The van der Waals surface area contributed by atoms with Gasteiger partial charge in [0.1, 0.15) is 23.8 Å². The Balaban J connectivity index is 1.54. The first-order chi connectivity index (χ1) is 26.7. The van der Waals surface area contributed by atoms with Crippen molar-refractivity contribution in [1.82, 2.24) is 15.1 Å². The number of hydrogen-bond acceptors (Lipinski definition) is 8. The fourth-order valence-electron chi connectivity index (χ4n) is 6.93. The fourth-order valence-corrected chi connectivity index (χ4v) is 6.93. The van der Waals surface area contributed by atoms with Gasteiger partial charge in [-0.25, -0.2) is 14.0 Å². The zero-order valence-electron chi connectivity index (χ0n) is 32.5. The van der Waals surface area contributed by atoms with Gasteiger partial charge < -0.3 is 34.2 Å². The van der Waals surface area contributed by atoms with Crippen molar-refractivity contribution in [2.24, 2.45) is 0 Å². The number of piperidine rings is 1. The van der Waals surface area contributed by atoms with E-state index in [-0.39, 0.29) is 37.5 Å². The van der Waals surface area contributed by atoms with Gasteiger partial charge in [0.15, 0.2) is 0 Å². The van der Waals surface area contributed by atoms with Gasteiger partial charge in [-0.3, -0.25) is 9.59 Å². The third-order valence-electron chi connectivity index (χ3n) is 9.55. The molecule has 1 N–H and O–H groups in total. The van der Waals surface area contributed by atoms with Crippen molar-refractivity contribution in [2.75, 3.05) is 31.1 Å². The summed E-state index contributed by atoms with van der Waals surface area (Å²) in [4.78, 5) is 58.2. The van der Waals surface area contributed by atoms with Gasteiger partial charge in [-0.05, 0) is 90.3 Å². The van der Waals surface area contributed by atoms with Crippen molar-refractivity contribution >= 4 is 29.7 Å². The minimum absolute atomic E-state index is 0.0105. The molecule has 5 rings (SSSR count). The van der Waals surface area contributed by atoms with Gasteiger partial charge in [0.05, 0.1) is 34.5 Å². The van der Waals surface area contributed by atoms with Crippen molar-refractivity contribution in [3.05, 3.63) is 94.3 Å². The third-order valence-corrected chi connectivity index (χ3v) is 9.55. The van der Waals surface area contributed by atoms with Crippen LogP contribution in [0.15, 0.2) is 60.7 Å². The molecule has 0 spiro atoms. The van der Waals surface area contributed by atoms with Crippen LogP contribution in [0, 0.1) is 17.1 Å². The highest BCUT2D eigenvalue weighted by atomic mass is 19.4. The molecule has 12 nitrogen and oxygen atoms in total. The predicted molar refractivity (Wildman–Crippen MR) is 200 cm³/mol. The molecule has 2 atom stereocenters. The first-order valence-electron chi connectivity index (χ1n) is 18.4. The average molecular weight is 796 g/mol. The fraction of sp³-hybridized carbons (Fsp3) is 0.439. The van der Waals surface area contributed by atoms with Crippen molar-refractivity contribution in [2.45, 2.75) is 90.5 Å². The van der Waals surface area contributed by atoms with Crippen LogP contribution in [0.3, 0.4) is 0 Å². The van der Waals surface area contributed by atoms with Crippen LogP contribution in [-0.4, -0.2) is 77.7 Å². The Morgan fingerprint density at radius 3 is 2.42 bits per heavy atom. The molecule has 0 aromatic heterocycles. The lowest BCUT2D eigenvalue weighted by atomic mass is 9.89. The van der Waals surface area contributed by atoms with Crippen molar-refractivity contribution in [3.63, 3.8) is 0 Å². The Bertz CT molecular complexity index is 2050. The molecule has 0 saturated carbocycles. The summed E-state index contributed by atoms with van der Waals surface area (Å²) in [7, 11) is 0. The number of anilines is 1. The maximum atomic E-state index is 15.4. The molecule has 0 radical (unpaired) electrons. The molecule has 16 heteroatoms. The third kappa shape index (κ3) is 9.58. The number of alkyl halides is 3. The number of rotatable bonds is 9. The van der Waals surface area contributed by atoms with Crippen LogP contribution in [0.25, 0.3) is 0 Å². The number of amides is 4. The van der Waals surface area contributed by atoms with Gasteiger partial charge in [-0.15, -0.1) is 0 Å². The van der Waals surface area contributed by atoms with Crippen molar-refractivity contribution in [1.29, 1.82) is 5.26 Å². The molecule has 304 valence electrons. The quantitative estimate of drug-likeness (QED) is 0.219. The van der Waals surface area contributed by atoms with E-state index in [1.165, 1.54) is 22.8 Å². The first kappa shape index (κ1) is 42.3. The van der Waals surface area contributed by atoms with Crippen molar-refractivity contribution in [3.8, 4) is 11.8 Å². The van der Waals surface area contributed by atoms with Crippen LogP contribution in [0.5, 0.6) is 5.75 Å². The summed E-state index contributed by atoms with van der Waals surface area (Å²) >= 11 is 0. The number of fused-ring (bicyclic) bond motifs is 1. The van der Waals surface area contributed by atoms with E-state index in [0.717, 1.165) is 23.1 Å². The molecule has 0 aliphatic carbocycles. The molecule has 3 aromatic carbocycles. The SMILES string of the molecule is CC(C)N(C(=O)c1cc2c(cc1C(F)(F)F)OC(C)(c1cc(C#N)ccc1F)C(=O)N2CCNC(=O)OCc1ccccc1)[C@@H]1CCCN(C(=O)OC(C)(C)C)C1. The number of alkyl carbamates (subject to hydrolysis) is 1. The molecule has 3 aromatic rings. The molecule has 1 unspecified atom stereocenters. The van der Waals surface area contributed by atoms with Crippen LogP contribution in [0.4, 0.5) is 32.8 Å². The number of carbonyl (C=O) groups is 4. The first-order valence-corrected chi connectivity index (χ1v) is 18.4. The summed E-state index contributed by atoms with van der Waals surface area (Å²) in [5.41, 5.74) is -5.24. The summed E-state index contributed by atoms with van der Waals surface area (Å²) < 4.78 is 77.2. The van der Waals surface area contributed by atoms with Gasteiger partial charge in [-0.2, -0.15) is 18.4 Å². The highest BCUT2D eigenvalue weighted by Gasteiger charge is 2.50. The lowest BCUT2D eigenvalue weighted by Gasteiger charge is -2.43. The number of ether oxygens (including phenoxy) is 3. The van der Waals surface area contributed by atoms with Crippen LogP contribution in [-0.2, 0) is 32.7 Å². The highest BCUT2D eigenvalue weighted by molar-refractivity contribution is 6.05. The van der Waals surface area contributed by atoms with E-state index in [1.54, 1.807) is 65.0 Å². The predicted octanol–water partition coefficient (Wildman–Crippen LogP) is 7.53. The van der Waals surface area contributed by atoms with Gasteiger partial charge in [0.2, 0.25) is 5.60 Å². The molecular weight excluding hydrogens is 750 g/mol. The van der Waals surface area contributed by atoms with Crippen LogP contribution < -0.4 is 15.0 Å². The Morgan fingerprint density at radius 1 is 1.09 bits per heavy atom. The number of benzene rings is 3. The summed E-state index contributed by atoms with van der Waals surface area (Å²) in [5, 5.41) is 12.0. The number of likely N-dealkylation sites (tertiary alicyclic amines) is 1. The van der Waals surface area contributed by atoms with E-state index < -0.39 is 81.7 Å². The summed E-state index contributed by atoms with van der Waals surface area (Å²) in [5.74, 6) is -3.41.